The van der Waals surface area contributed by atoms with Crippen molar-refractivity contribution in [2.24, 2.45) is 0 Å². The molecule has 0 atom stereocenters. The third kappa shape index (κ3) is 4.48. The van der Waals surface area contributed by atoms with E-state index in [0.717, 1.165) is 11.3 Å². The maximum Gasteiger partial charge on any atom is 0.309 e. The Bertz CT molecular complexity index is 1350. The Kier molecular flexibility index (Phi) is 5.61. The van der Waals surface area contributed by atoms with Crippen LogP contribution in [0.5, 0.6) is 11.5 Å². The minimum absolute atomic E-state index is 0.171. The van der Waals surface area contributed by atoms with Crippen molar-refractivity contribution in [1.82, 2.24) is 25.2 Å². The molecule has 0 radical (unpaired) electrons. The van der Waals surface area contributed by atoms with Gasteiger partial charge in [-0.3, -0.25) is 9.59 Å². The molecule has 0 aliphatic carbocycles. The zero-order valence-electron chi connectivity index (χ0n) is 17.2. The Morgan fingerprint density at radius 1 is 1.09 bits per heavy atom. The first-order chi connectivity index (χ1) is 16.1. The highest BCUT2D eigenvalue weighted by molar-refractivity contribution is 7.15. The third-order valence-electron chi connectivity index (χ3n) is 5.00. The maximum absolute atomic E-state index is 13.5. The largest absolute Gasteiger partial charge is 0.454 e. The number of hydrogen-bond acceptors (Lipinski definition) is 7. The minimum Gasteiger partial charge on any atom is -0.454 e. The standard InChI is InChI=1S/C22H18FN5O4S/c23-15-3-1-2-14(9-15)19-26-22-28(27-19)16(11-33-22)6-7-24-20(29)21(30)25-10-13-4-5-17-18(8-13)32-12-31-17/h1-5,8-9,11H,6-7,10,12H2,(H,24,29)(H,25,30). The number of thiazole rings is 1. The lowest BCUT2D eigenvalue weighted by Crippen LogP contribution is -2.40. The van der Waals surface area contributed by atoms with Crippen LogP contribution in [0.15, 0.2) is 47.8 Å². The second-order valence-electron chi connectivity index (χ2n) is 7.24. The van der Waals surface area contributed by atoms with E-state index in [2.05, 4.69) is 20.7 Å². The number of nitrogens with one attached hydrogen (secondary N) is 2. The Balaban J connectivity index is 1.14. The van der Waals surface area contributed by atoms with Gasteiger partial charge in [0.2, 0.25) is 11.8 Å². The van der Waals surface area contributed by atoms with Crippen molar-refractivity contribution in [2.45, 2.75) is 13.0 Å². The molecule has 2 amide bonds. The lowest BCUT2D eigenvalue weighted by Gasteiger charge is -2.07. The van der Waals surface area contributed by atoms with Crippen LogP contribution in [0.2, 0.25) is 0 Å². The summed E-state index contributed by atoms with van der Waals surface area (Å²) in [4.78, 5) is 29.3. The highest BCUT2D eigenvalue weighted by Crippen LogP contribution is 2.32. The Morgan fingerprint density at radius 2 is 1.94 bits per heavy atom. The van der Waals surface area contributed by atoms with Gasteiger partial charge in [0.05, 0.1) is 5.69 Å². The highest BCUT2D eigenvalue weighted by Gasteiger charge is 2.17. The number of fused-ring (bicyclic) bond motifs is 2. The first kappa shape index (κ1) is 20.9. The van der Waals surface area contributed by atoms with Crippen molar-refractivity contribution >= 4 is 28.1 Å². The van der Waals surface area contributed by atoms with Gasteiger partial charge in [0.25, 0.3) is 0 Å². The molecular formula is C22H18FN5O4S. The van der Waals surface area contributed by atoms with Crippen molar-refractivity contribution in [3.8, 4) is 22.9 Å². The van der Waals surface area contributed by atoms with Gasteiger partial charge in [-0.05, 0) is 29.8 Å². The quantitative estimate of drug-likeness (QED) is 0.422. The van der Waals surface area contributed by atoms with Crippen molar-refractivity contribution in [3.63, 3.8) is 0 Å². The van der Waals surface area contributed by atoms with E-state index in [0.29, 0.717) is 34.3 Å². The summed E-state index contributed by atoms with van der Waals surface area (Å²) in [5.41, 5.74) is 2.21. The second-order valence-corrected chi connectivity index (χ2v) is 8.08. The van der Waals surface area contributed by atoms with Crippen LogP contribution in [0.4, 0.5) is 4.39 Å². The summed E-state index contributed by atoms with van der Waals surface area (Å²) in [5.74, 6) is -0.110. The van der Waals surface area contributed by atoms with Crippen LogP contribution in [0, 0.1) is 5.82 Å². The topological polar surface area (TPSA) is 107 Å². The van der Waals surface area contributed by atoms with E-state index in [1.165, 1.54) is 23.5 Å². The number of carbonyl (C=O) groups is 2. The van der Waals surface area contributed by atoms with Crippen LogP contribution >= 0.6 is 11.3 Å². The van der Waals surface area contributed by atoms with Crippen molar-refractivity contribution in [1.29, 1.82) is 0 Å². The fourth-order valence-corrected chi connectivity index (χ4v) is 4.20. The molecule has 33 heavy (non-hydrogen) atoms. The van der Waals surface area contributed by atoms with Gasteiger partial charge in [0.15, 0.2) is 17.3 Å². The SMILES string of the molecule is O=C(NCCc1csc2nc(-c3cccc(F)c3)nn12)C(=O)NCc1ccc2c(c1)OCO2. The smallest absolute Gasteiger partial charge is 0.309 e. The van der Waals surface area contributed by atoms with E-state index in [1.54, 1.807) is 34.8 Å². The predicted molar refractivity (Wildman–Crippen MR) is 117 cm³/mol. The summed E-state index contributed by atoms with van der Waals surface area (Å²) in [6.07, 6.45) is 0.452. The summed E-state index contributed by atoms with van der Waals surface area (Å²) in [5, 5.41) is 11.5. The van der Waals surface area contributed by atoms with E-state index >= 15 is 0 Å². The fraction of sp³-hybridized carbons (Fsp3) is 0.182. The number of benzene rings is 2. The van der Waals surface area contributed by atoms with Crippen molar-refractivity contribution < 1.29 is 23.5 Å². The summed E-state index contributed by atoms with van der Waals surface area (Å²) < 4.78 is 25.7. The number of rotatable bonds is 6. The lowest BCUT2D eigenvalue weighted by atomic mass is 10.2. The zero-order valence-corrected chi connectivity index (χ0v) is 18.0. The molecule has 9 nitrogen and oxygen atoms in total. The van der Waals surface area contributed by atoms with Gasteiger partial charge in [0, 0.05) is 30.5 Å². The summed E-state index contributed by atoms with van der Waals surface area (Å²) in [6, 6.07) is 11.4. The molecule has 0 unspecified atom stereocenters. The first-order valence-electron chi connectivity index (χ1n) is 10.1. The van der Waals surface area contributed by atoms with Gasteiger partial charge in [-0.15, -0.1) is 16.4 Å². The Hall–Kier alpha value is -3.99. The monoisotopic (exact) mass is 467 g/mol. The van der Waals surface area contributed by atoms with E-state index in [-0.39, 0.29) is 25.7 Å². The number of halogens is 1. The molecule has 1 aliphatic heterocycles. The third-order valence-corrected chi connectivity index (χ3v) is 5.86. The number of aromatic nitrogens is 3. The predicted octanol–water partition coefficient (Wildman–Crippen LogP) is 2.30. The maximum atomic E-state index is 13.5. The number of hydrogen-bond donors (Lipinski definition) is 2. The summed E-state index contributed by atoms with van der Waals surface area (Å²) in [6.45, 7) is 0.609. The normalized spacial score (nSPS) is 12.2. The molecule has 2 N–H and O–H groups in total. The molecule has 0 saturated carbocycles. The molecular weight excluding hydrogens is 449 g/mol. The molecule has 3 heterocycles. The molecule has 11 heteroatoms. The van der Waals surface area contributed by atoms with Crippen LogP contribution in [0.25, 0.3) is 16.3 Å². The highest BCUT2D eigenvalue weighted by atomic mass is 32.1. The Labute approximate surface area is 191 Å². The number of amides is 2. The van der Waals surface area contributed by atoms with Crippen LogP contribution in [0.1, 0.15) is 11.3 Å². The molecule has 0 saturated heterocycles. The average Bonchev–Trinajstić information content (AvgIpc) is 3.53. The van der Waals surface area contributed by atoms with Crippen molar-refractivity contribution in [3.05, 3.63) is 64.9 Å². The second kappa shape index (κ2) is 8.87. The van der Waals surface area contributed by atoms with E-state index in [4.69, 9.17) is 9.47 Å². The number of carbonyl (C=O) groups excluding carboxylic acids is 2. The minimum atomic E-state index is -0.725. The van der Waals surface area contributed by atoms with Crippen LogP contribution in [0.3, 0.4) is 0 Å². The van der Waals surface area contributed by atoms with E-state index < -0.39 is 11.8 Å². The fourth-order valence-electron chi connectivity index (χ4n) is 3.34. The van der Waals surface area contributed by atoms with Crippen molar-refractivity contribution in [2.75, 3.05) is 13.3 Å². The van der Waals surface area contributed by atoms with Gasteiger partial charge >= 0.3 is 11.8 Å². The molecule has 2 aromatic carbocycles. The molecule has 5 rings (SSSR count). The number of ether oxygens (including phenoxy) is 2. The van der Waals surface area contributed by atoms with Gasteiger partial charge in [0.1, 0.15) is 5.82 Å². The molecule has 1 aliphatic rings. The van der Waals surface area contributed by atoms with E-state index in [1.807, 2.05) is 5.38 Å². The van der Waals surface area contributed by atoms with Gasteiger partial charge in [-0.25, -0.2) is 8.91 Å². The first-order valence-corrected chi connectivity index (χ1v) is 11.0. The Morgan fingerprint density at radius 3 is 2.82 bits per heavy atom. The van der Waals surface area contributed by atoms with Gasteiger partial charge < -0.3 is 20.1 Å². The van der Waals surface area contributed by atoms with Gasteiger partial charge in [-0.1, -0.05) is 18.2 Å². The molecule has 0 bridgehead atoms. The lowest BCUT2D eigenvalue weighted by molar-refractivity contribution is -0.139. The average molecular weight is 467 g/mol. The molecule has 168 valence electrons. The molecule has 0 fully saturated rings. The van der Waals surface area contributed by atoms with Crippen LogP contribution in [-0.2, 0) is 22.6 Å². The van der Waals surface area contributed by atoms with E-state index in [9.17, 15) is 14.0 Å². The molecule has 2 aromatic heterocycles. The summed E-state index contributed by atoms with van der Waals surface area (Å²) in [7, 11) is 0. The number of nitrogens with zero attached hydrogens (tertiary/aromatic N) is 3. The van der Waals surface area contributed by atoms with Gasteiger partial charge in [-0.2, -0.15) is 4.98 Å². The van der Waals surface area contributed by atoms with Crippen LogP contribution in [-0.4, -0.2) is 39.8 Å². The molecule has 4 aromatic rings. The van der Waals surface area contributed by atoms with Crippen LogP contribution < -0.4 is 20.1 Å². The zero-order chi connectivity index (χ0) is 22.8. The summed E-state index contributed by atoms with van der Waals surface area (Å²) >= 11 is 1.40. The molecule has 0 spiro atoms.